The summed E-state index contributed by atoms with van der Waals surface area (Å²) in [5.74, 6) is -2.35. The summed E-state index contributed by atoms with van der Waals surface area (Å²) in [6, 6.07) is 9.85. The third-order valence-corrected chi connectivity index (χ3v) is 3.60. The van der Waals surface area contributed by atoms with E-state index in [2.05, 4.69) is 19.5 Å². The van der Waals surface area contributed by atoms with Crippen molar-refractivity contribution in [2.75, 3.05) is 26.6 Å². The first-order chi connectivity index (χ1) is 12.9. The number of amides is 1. The molecule has 0 unspecified atom stereocenters. The number of hydrogen-bond donors (Lipinski definition) is 1. The Morgan fingerprint density at radius 1 is 0.630 bits per heavy atom. The summed E-state index contributed by atoms with van der Waals surface area (Å²) < 4.78 is 13.9. The van der Waals surface area contributed by atoms with Crippen LogP contribution in [0.25, 0.3) is 0 Å². The van der Waals surface area contributed by atoms with Gasteiger partial charge in [-0.2, -0.15) is 0 Å². The molecule has 2 aromatic carbocycles. The lowest BCUT2D eigenvalue weighted by molar-refractivity contribution is 0.0587. The molecule has 0 saturated carbocycles. The van der Waals surface area contributed by atoms with Gasteiger partial charge in [-0.15, -0.1) is 0 Å². The maximum atomic E-state index is 12.4. The minimum atomic E-state index is -0.668. The van der Waals surface area contributed by atoms with Gasteiger partial charge in [-0.3, -0.25) is 4.79 Å². The second-order valence-electron chi connectivity index (χ2n) is 5.31. The Morgan fingerprint density at radius 3 is 1.48 bits per heavy atom. The number of carbonyl (C=O) groups is 4. The number of nitrogens with one attached hydrogen (secondary N) is 1. The summed E-state index contributed by atoms with van der Waals surface area (Å²) in [6.45, 7) is 0. The van der Waals surface area contributed by atoms with E-state index in [1.165, 1.54) is 63.8 Å². The second-order valence-corrected chi connectivity index (χ2v) is 5.31. The molecule has 0 aliphatic carbocycles. The molecule has 2 aromatic rings. The predicted molar refractivity (Wildman–Crippen MR) is 94.9 cm³/mol. The summed E-state index contributed by atoms with van der Waals surface area (Å²) in [4.78, 5) is 47.4. The largest absolute Gasteiger partial charge is 0.465 e. The van der Waals surface area contributed by atoms with Gasteiger partial charge >= 0.3 is 17.9 Å². The molecule has 8 nitrogen and oxygen atoms in total. The first-order valence-corrected chi connectivity index (χ1v) is 7.71. The van der Waals surface area contributed by atoms with E-state index in [0.717, 1.165) is 0 Å². The van der Waals surface area contributed by atoms with Crippen LogP contribution in [0.1, 0.15) is 41.4 Å². The summed E-state index contributed by atoms with van der Waals surface area (Å²) in [5, 5.41) is 2.59. The zero-order chi connectivity index (χ0) is 20.0. The molecule has 2 rings (SSSR count). The summed E-state index contributed by atoms with van der Waals surface area (Å²) in [6.07, 6.45) is 0. The highest BCUT2D eigenvalue weighted by Crippen LogP contribution is 2.18. The van der Waals surface area contributed by atoms with Crippen LogP contribution in [-0.4, -0.2) is 45.1 Å². The summed E-state index contributed by atoms with van der Waals surface area (Å²) in [7, 11) is 3.67. The highest BCUT2D eigenvalue weighted by molar-refractivity contribution is 6.06. The number of esters is 3. The van der Waals surface area contributed by atoms with Crippen LogP contribution in [0.3, 0.4) is 0 Å². The van der Waals surface area contributed by atoms with E-state index in [4.69, 9.17) is 0 Å². The molecule has 0 fully saturated rings. The molecule has 0 saturated heterocycles. The number of benzene rings is 2. The van der Waals surface area contributed by atoms with Crippen LogP contribution in [0.15, 0.2) is 42.5 Å². The molecule has 0 aromatic heterocycles. The number of anilines is 1. The van der Waals surface area contributed by atoms with Gasteiger partial charge < -0.3 is 19.5 Å². The van der Waals surface area contributed by atoms with Crippen molar-refractivity contribution in [1.82, 2.24) is 0 Å². The molecule has 0 aliphatic rings. The van der Waals surface area contributed by atoms with Gasteiger partial charge in [0, 0.05) is 11.3 Å². The fourth-order valence-electron chi connectivity index (χ4n) is 2.25. The lowest BCUT2D eigenvalue weighted by Gasteiger charge is -2.10. The average Bonchev–Trinajstić information content (AvgIpc) is 2.71. The molecule has 140 valence electrons. The highest BCUT2D eigenvalue weighted by atomic mass is 16.5. The van der Waals surface area contributed by atoms with Gasteiger partial charge in [0.15, 0.2) is 0 Å². The van der Waals surface area contributed by atoms with Crippen LogP contribution in [-0.2, 0) is 14.2 Å². The Labute approximate surface area is 155 Å². The molecule has 0 aliphatic heterocycles. The fraction of sp³-hybridized carbons (Fsp3) is 0.158. The van der Waals surface area contributed by atoms with Gasteiger partial charge in [0.1, 0.15) is 0 Å². The van der Waals surface area contributed by atoms with Crippen molar-refractivity contribution < 1.29 is 33.4 Å². The van der Waals surface area contributed by atoms with E-state index in [9.17, 15) is 19.2 Å². The molecule has 0 heterocycles. The van der Waals surface area contributed by atoms with Crippen LogP contribution in [0.2, 0.25) is 0 Å². The van der Waals surface area contributed by atoms with E-state index in [-0.39, 0.29) is 22.4 Å². The Bertz CT molecular complexity index is 853. The molecule has 27 heavy (non-hydrogen) atoms. The zero-order valence-corrected chi connectivity index (χ0v) is 14.9. The van der Waals surface area contributed by atoms with Crippen LogP contribution in [0, 0.1) is 0 Å². The molecule has 1 N–H and O–H groups in total. The molecule has 8 heteroatoms. The molecular weight excluding hydrogens is 354 g/mol. The summed E-state index contributed by atoms with van der Waals surface area (Å²) >= 11 is 0. The van der Waals surface area contributed by atoms with E-state index in [0.29, 0.717) is 5.56 Å². The standard InChI is InChI=1S/C19H17NO7/c1-25-17(22)12-6-4-11(5-7-12)16(21)20-15-9-13(18(23)26-2)8-14(10-15)19(24)27-3/h4-10H,1-3H3,(H,20,21). The van der Waals surface area contributed by atoms with Crippen LogP contribution < -0.4 is 5.32 Å². The molecule has 0 bridgehead atoms. The maximum Gasteiger partial charge on any atom is 0.337 e. The van der Waals surface area contributed by atoms with Crippen LogP contribution in [0.5, 0.6) is 0 Å². The number of methoxy groups -OCH3 is 3. The second kappa shape index (κ2) is 8.61. The minimum absolute atomic E-state index is 0.0803. The number of rotatable bonds is 5. The SMILES string of the molecule is COC(=O)c1ccc(C(=O)Nc2cc(C(=O)OC)cc(C(=O)OC)c2)cc1. The van der Waals surface area contributed by atoms with Gasteiger partial charge in [-0.05, 0) is 42.5 Å². The fourth-order valence-corrected chi connectivity index (χ4v) is 2.25. The zero-order valence-electron chi connectivity index (χ0n) is 14.9. The smallest absolute Gasteiger partial charge is 0.337 e. The lowest BCUT2D eigenvalue weighted by Crippen LogP contribution is -2.14. The van der Waals surface area contributed by atoms with E-state index in [1.54, 1.807) is 0 Å². The topological polar surface area (TPSA) is 108 Å². The number of hydrogen-bond acceptors (Lipinski definition) is 7. The third kappa shape index (κ3) is 4.69. The quantitative estimate of drug-likeness (QED) is 0.634. The lowest BCUT2D eigenvalue weighted by atomic mass is 10.1. The van der Waals surface area contributed by atoms with Crippen LogP contribution in [0.4, 0.5) is 5.69 Å². The van der Waals surface area contributed by atoms with Gasteiger partial charge in [-0.25, -0.2) is 14.4 Å². The Hall–Kier alpha value is -3.68. The first-order valence-electron chi connectivity index (χ1n) is 7.71. The summed E-state index contributed by atoms with van der Waals surface area (Å²) in [5.41, 5.74) is 0.939. The molecule has 0 spiro atoms. The number of carbonyl (C=O) groups excluding carboxylic acids is 4. The van der Waals surface area contributed by atoms with Gasteiger partial charge in [0.2, 0.25) is 0 Å². The Kier molecular flexibility index (Phi) is 6.27. The molecule has 1 amide bonds. The van der Waals surface area contributed by atoms with Crippen molar-refractivity contribution in [3.63, 3.8) is 0 Å². The van der Waals surface area contributed by atoms with E-state index < -0.39 is 23.8 Å². The third-order valence-electron chi connectivity index (χ3n) is 3.60. The first kappa shape index (κ1) is 19.6. The average molecular weight is 371 g/mol. The van der Waals surface area contributed by atoms with Crippen molar-refractivity contribution in [3.05, 3.63) is 64.7 Å². The molecule has 0 radical (unpaired) electrons. The van der Waals surface area contributed by atoms with Gasteiger partial charge in [0.05, 0.1) is 38.0 Å². The predicted octanol–water partition coefficient (Wildman–Crippen LogP) is 2.30. The highest BCUT2D eigenvalue weighted by Gasteiger charge is 2.16. The monoisotopic (exact) mass is 371 g/mol. The minimum Gasteiger partial charge on any atom is -0.465 e. The van der Waals surface area contributed by atoms with Gasteiger partial charge in [-0.1, -0.05) is 0 Å². The Balaban J connectivity index is 2.29. The number of ether oxygens (including phenoxy) is 3. The molecular formula is C19H17NO7. The maximum absolute atomic E-state index is 12.4. The normalized spacial score (nSPS) is 9.89. The van der Waals surface area contributed by atoms with E-state index in [1.807, 2.05) is 0 Å². The van der Waals surface area contributed by atoms with Crippen molar-refractivity contribution in [2.45, 2.75) is 0 Å². The van der Waals surface area contributed by atoms with Crippen molar-refractivity contribution in [1.29, 1.82) is 0 Å². The van der Waals surface area contributed by atoms with Crippen LogP contribution >= 0.6 is 0 Å². The van der Waals surface area contributed by atoms with Gasteiger partial charge in [0.25, 0.3) is 5.91 Å². The Morgan fingerprint density at radius 2 is 1.04 bits per heavy atom. The van der Waals surface area contributed by atoms with Crippen molar-refractivity contribution in [2.24, 2.45) is 0 Å². The molecule has 0 atom stereocenters. The van der Waals surface area contributed by atoms with E-state index >= 15 is 0 Å². The van der Waals surface area contributed by atoms with Crippen molar-refractivity contribution >= 4 is 29.5 Å². The van der Waals surface area contributed by atoms with Crippen molar-refractivity contribution in [3.8, 4) is 0 Å².